The van der Waals surface area contributed by atoms with Gasteiger partial charge in [-0.05, 0) is 43.2 Å². The summed E-state index contributed by atoms with van der Waals surface area (Å²) in [6.45, 7) is 4.43. The highest BCUT2D eigenvalue weighted by atomic mass is 35.5. The van der Waals surface area contributed by atoms with Crippen molar-refractivity contribution in [1.29, 1.82) is 0 Å². The van der Waals surface area contributed by atoms with Crippen LogP contribution in [-0.4, -0.2) is 5.91 Å². The van der Waals surface area contributed by atoms with E-state index < -0.39 is 0 Å². The fraction of sp³-hybridized carbons (Fsp3) is 0.190. The van der Waals surface area contributed by atoms with Crippen LogP contribution in [-0.2, 0) is 6.61 Å². The number of carbonyl (C=O) groups is 1. The Labute approximate surface area is 167 Å². The standard InChI is InChI=1S/C21H19ClN2O2S/c1-12-13(2)27-21-18(12)20(25)23-19(24-21)14-7-9-16(10-8-14)26-11-15-5-3-4-6-17(15)22/h3-10,19,24H,11H2,1-2H3,(H,23,25)/t19-/m0/s1. The van der Waals surface area contributed by atoms with Gasteiger partial charge < -0.3 is 15.4 Å². The van der Waals surface area contributed by atoms with Gasteiger partial charge in [0.25, 0.3) is 5.91 Å². The molecule has 0 fully saturated rings. The van der Waals surface area contributed by atoms with Crippen molar-refractivity contribution in [2.24, 2.45) is 0 Å². The second-order valence-electron chi connectivity index (χ2n) is 6.49. The summed E-state index contributed by atoms with van der Waals surface area (Å²) in [7, 11) is 0. The second-order valence-corrected chi connectivity index (χ2v) is 8.12. The number of carbonyl (C=O) groups excluding carboxylic acids is 1. The fourth-order valence-electron chi connectivity index (χ4n) is 3.07. The first kappa shape index (κ1) is 17.9. The van der Waals surface area contributed by atoms with Crippen LogP contribution in [0.4, 0.5) is 5.00 Å². The number of hydrogen-bond acceptors (Lipinski definition) is 4. The Hall–Kier alpha value is -2.50. The summed E-state index contributed by atoms with van der Waals surface area (Å²) in [5, 5.41) is 8.07. The Bertz CT molecular complexity index is 998. The molecule has 1 aromatic heterocycles. The maximum absolute atomic E-state index is 12.5. The lowest BCUT2D eigenvalue weighted by molar-refractivity contribution is 0.0936. The molecule has 1 atom stereocenters. The number of ether oxygens (including phenoxy) is 1. The highest BCUT2D eigenvalue weighted by molar-refractivity contribution is 7.16. The number of nitrogens with one attached hydrogen (secondary N) is 2. The molecule has 1 aliphatic heterocycles. The van der Waals surface area contributed by atoms with Crippen LogP contribution in [0, 0.1) is 13.8 Å². The summed E-state index contributed by atoms with van der Waals surface area (Å²) in [5.74, 6) is 0.721. The molecule has 0 spiro atoms. The van der Waals surface area contributed by atoms with Gasteiger partial charge in [0.05, 0.1) is 5.56 Å². The van der Waals surface area contributed by atoms with Gasteiger partial charge in [0.2, 0.25) is 0 Å². The number of rotatable bonds is 4. The number of halogens is 1. The molecule has 1 amide bonds. The van der Waals surface area contributed by atoms with E-state index in [1.165, 1.54) is 0 Å². The molecule has 4 nitrogen and oxygen atoms in total. The SMILES string of the molecule is Cc1sc2c(c1C)C(=O)N[C@H](c1ccc(OCc3ccccc3Cl)cc1)N2. The monoisotopic (exact) mass is 398 g/mol. The fourth-order valence-corrected chi connectivity index (χ4v) is 4.35. The molecule has 4 rings (SSSR count). The van der Waals surface area contributed by atoms with Crippen LogP contribution < -0.4 is 15.4 Å². The summed E-state index contributed by atoms with van der Waals surface area (Å²) < 4.78 is 5.82. The molecule has 0 radical (unpaired) electrons. The van der Waals surface area contributed by atoms with Crippen molar-refractivity contribution in [1.82, 2.24) is 5.32 Å². The number of thiophene rings is 1. The lowest BCUT2D eigenvalue weighted by Gasteiger charge is -2.26. The van der Waals surface area contributed by atoms with E-state index in [0.717, 1.165) is 37.9 Å². The first-order valence-electron chi connectivity index (χ1n) is 8.66. The molecular weight excluding hydrogens is 380 g/mol. The molecular formula is C21H19ClN2O2S. The Morgan fingerprint density at radius 1 is 1.07 bits per heavy atom. The van der Waals surface area contributed by atoms with Crippen molar-refractivity contribution < 1.29 is 9.53 Å². The zero-order valence-corrected chi connectivity index (χ0v) is 16.6. The third-order valence-electron chi connectivity index (χ3n) is 4.73. The van der Waals surface area contributed by atoms with E-state index in [2.05, 4.69) is 10.6 Å². The van der Waals surface area contributed by atoms with Crippen LogP contribution in [0.1, 0.15) is 38.1 Å². The molecule has 27 heavy (non-hydrogen) atoms. The van der Waals surface area contributed by atoms with Gasteiger partial charge >= 0.3 is 0 Å². The number of hydrogen-bond donors (Lipinski definition) is 2. The largest absolute Gasteiger partial charge is 0.489 e. The Balaban J connectivity index is 1.46. The minimum Gasteiger partial charge on any atom is -0.489 e. The normalized spacial score (nSPS) is 15.7. The molecule has 0 aliphatic carbocycles. The van der Waals surface area contributed by atoms with Gasteiger partial charge in [0.1, 0.15) is 23.5 Å². The first-order valence-corrected chi connectivity index (χ1v) is 9.86. The van der Waals surface area contributed by atoms with E-state index in [-0.39, 0.29) is 12.1 Å². The molecule has 138 valence electrons. The van der Waals surface area contributed by atoms with Crippen LogP contribution in [0.2, 0.25) is 5.02 Å². The highest BCUT2D eigenvalue weighted by Gasteiger charge is 2.28. The van der Waals surface area contributed by atoms with Gasteiger partial charge in [-0.3, -0.25) is 4.79 Å². The van der Waals surface area contributed by atoms with Crippen molar-refractivity contribution in [3.8, 4) is 5.75 Å². The summed E-state index contributed by atoms with van der Waals surface area (Å²) >= 11 is 7.78. The minimum absolute atomic E-state index is 0.0327. The van der Waals surface area contributed by atoms with Crippen LogP contribution >= 0.6 is 22.9 Å². The Morgan fingerprint density at radius 2 is 1.81 bits per heavy atom. The predicted octanol–water partition coefficient (Wildman–Crippen LogP) is 5.45. The molecule has 0 unspecified atom stereocenters. The topological polar surface area (TPSA) is 50.4 Å². The molecule has 2 N–H and O–H groups in total. The molecule has 2 aromatic carbocycles. The molecule has 0 saturated carbocycles. The van der Waals surface area contributed by atoms with Gasteiger partial charge in [0, 0.05) is 15.5 Å². The minimum atomic E-state index is -0.250. The lowest BCUT2D eigenvalue weighted by atomic mass is 10.1. The van der Waals surface area contributed by atoms with E-state index in [9.17, 15) is 4.79 Å². The number of fused-ring (bicyclic) bond motifs is 1. The molecule has 1 aliphatic rings. The summed E-state index contributed by atoms with van der Waals surface area (Å²) in [6, 6.07) is 15.3. The third-order valence-corrected chi connectivity index (χ3v) is 6.24. The van der Waals surface area contributed by atoms with Gasteiger partial charge in [0.15, 0.2) is 0 Å². The zero-order chi connectivity index (χ0) is 19.0. The zero-order valence-electron chi connectivity index (χ0n) is 15.0. The molecule has 2 heterocycles. The summed E-state index contributed by atoms with van der Waals surface area (Å²) in [6.07, 6.45) is -0.250. The third kappa shape index (κ3) is 3.53. The molecule has 0 saturated heterocycles. The van der Waals surface area contributed by atoms with Crippen molar-refractivity contribution in [2.45, 2.75) is 26.6 Å². The highest BCUT2D eigenvalue weighted by Crippen LogP contribution is 2.37. The van der Waals surface area contributed by atoms with Crippen molar-refractivity contribution >= 4 is 33.8 Å². The maximum atomic E-state index is 12.5. The molecule has 0 bridgehead atoms. The van der Waals surface area contributed by atoms with Crippen LogP contribution in [0.25, 0.3) is 0 Å². The van der Waals surface area contributed by atoms with Crippen LogP contribution in [0.5, 0.6) is 5.75 Å². The molecule has 3 aromatic rings. The predicted molar refractivity (Wildman–Crippen MR) is 110 cm³/mol. The summed E-state index contributed by atoms with van der Waals surface area (Å²) in [5.41, 5.74) is 3.72. The number of amides is 1. The lowest BCUT2D eigenvalue weighted by Crippen LogP contribution is -2.38. The maximum Gasteiger partial charge on any atom is 0.256 e. The number of benzene rings is 2. The molecule has 6 heteroatoms. The first-order chi connectivity index (χ1) is 13.0. The Kier molecular flexibility index (Phi) is 4.81. The second kappa shape index (κ2) is 7.25. The van der Waals surface area contributed by atoms with Crippen molar-refractivity contribution in [3.63, 3.8) is 0 Å². The van der Waals surface area contributed by atoms with E-state index in [4.69, 9.17) is 16.3 Å². The van der Waals surface area contributed by atoms with Gasteiger partial charge in [-0.2, -0.15) is 0 Å². The van der Waals surface area contributed by atoms with E-state index in [1.807, 2.05) is 62.4 Å². The van der Waals surface area contributed by atoms with Gasteiger partial charge in [-0.15, -0.1) is 11.3 Å². The smallest absolute Gasteiger partial charge is 0.256 e. The number of aryl methyl sites for hydroxylation is 1. The summed E-state index contributed by atoms with van der Waals surface area (Å²) in [4.78, 5) is 13.6. The van der Waals surface area contributed by atoms with E-state index >= 15 is 0 Å². The van der Waals surface area contributed by atoms with Crippen molar-refractivity contribution in [2.75, 3.05) is 5.32 Å². The van der Waals surface area contributed by atoms with Gasteiger partial charge in [-0.1, -0.05) is 41.9 Å². The quantitative estimate of drug-likeness (QED) is 0.614. The van der Waals surface area contributed by atoms with E-state index in [1.54, 1.807) is 11.3 Å². The Morgan fingerprint density at radius 3 is 2.56 bits per heavy atom. The van der Waals surface area contributed by atoms with E-state index in [0.29, 0.717) is 11.6 Å². The van der Waals surface area contributed by atoms with Gasteiger partial charge in [-0.25, -0.2) is 0 Å². The number of anilines is 1. The average molecular weight is 399 g/mol. The van der Waals surface area contributed by atoms with Crippen LogP contribution in [0.3, 0.4) is 0 Å². The van der Waals surface area contributed by atoms with Crippen LogP contribution in [0.15, 0.2) is 48.5 Å². The van der Waals surface area contributed by atoms with Crippen molar-refractivity contribution in [3.05, 3.63) is 80.7 Å². The average Bonchev–Trinajstić information content (AvgIpc) is 2.96.